The highest BCUT2D eigenvalue weighted by molar-refractivity contribution is 7.99. The number of benzene rings is 5. The summed E-state index contributed by atoms with van der Waals surface area (Å²) in [5.74, 6) is 0.317. The third-order valence-corrected chi connectivity index (χ3v) is 11.7. The molecule has 0 saturated heterocycles. The van der Waals surface area contributed by atoms with Crippen LogP contribution in [-0.2, 0) is 0 Å². The van der Waals surface area contributed by atoms with Gasteiger partial charge in [0, 0.05) is 55.0 Å². The van der Waals surface area contributed by atoms with E-state index in [1.165, 1.54) is 0 Å². The monoisotopic (exact) mass is 781 g/mol. The van der Waals surface area contributed by atoms with Gasteiger partial charge in [0.1, 0.15) is 0 Å². The minimum atomic E-state index is -0.256. The first-order valence-electron chi connectivity index (χ1n) is 19.4. The Hall–Kier alpha value is -7.55. The van der Waals surface area contributed by atoms with Crippen molar-refractivity contribution < 1.29 is 4.92 Å². The van der Waals surface area contributed by atoms with Gasteiger partial charge in [-0.05, 0) is 70.8 Å². The van der Waals surface area contributed by atoms with Gasteiger partial charge in [0.15, 0.2) is 5.69 Å². The fourth-order valence-corrected chi connectivity index (χ4v) is 8.96. The van der Waals surface area contributed by atoms with Gasteiger partial charge in [-0.1, -0.05) is 140 Å². The molecule has 0 unspecified atom stereocenters. The van der Waals surface area contributed by atoms with Crippen molar-refractivity contribution in [2.75, 3.05) is 5.75 Å². The number of thioether (sulfide) groups is 1. The van der Waals surface area contributed by atoms with Crippen LogP contribution in [0.4, 0.5) is 0 Å². The number of aromatic amines is 2. The average molecular weight is 782 g/mol. The van der Waals surface area contributed by atoms with Crippen LogP contribution < -0.4 is 0 Å². The Morgan fingerprint density at radius 3 is 1.25 bits per heavy atom. The van der Waals surface area contributed by atoms with Crippen molar-refractivity contribution in [1.82, 2.24) is 19.9 Å². The standard InChI is InChI=1S/C51H35N5O2S/c57-56(58)51-38(32-59-37-24-14-5-15-25-37)49-47(35-20-10-3-11-21-35)43-30-28-41(53-43)45(33-16-6-1-7-17-33)39-26-27-40(52-39)46(34-18-8-2-9-19-34)42-29-31-44(54-42)48(50(51)55-49)36-22-12-4-13-23-36/h1-31,53-54H,32H2. The Bertz CT molecular complexity index is 3100. The highest BCUT2D eigenvalue weighted by Gasteiger charge is 2.35. The molecular weight excluding hydrogens is 747 g/mol. The smallest absolute Gasteiger partial charge is 0.301 e. The van der Waals surface area contributed by atoms with Gasteiger partial charge in [-0.25, -0.2) is 9.97 Å². The fourth-order valence-electron chi connectivity index (χ4n) is 8.03. The lowest BCUT2D eigenvalue weighted by atomic mass is 9.99. The number of nitro groups is 1. The van der Waals surface area contributed by atoms with E-state index >= 15 is 0 Å². The van der Waals surface area contributed by atoms with Crippen molar-refractivity contribution in [3.63, 3.8) is 0 Å². The molecule has 8 bridgehead atoms. The quantitative estimate of drug-likeness (QED) is 0.0908. The minimum absolute atomic E-state index is 0.0197. The summed E-state index contributed by atoms with van der Waals surface area (Å²) >= 11 is 1.56. The van der Waals surface area contributed by atoms with Gasteiger partial charge in [-0.15, -0.1) is 11.8 Å². The summed E-state index contributed by atoms with van der Waals surface area (Å²) in [6, 6.07) is 58.5. The molecule has 10 rings (SSSR count). The zero-order valence-electron chi connectivity index (χ0n) is 31.7. The Labute approximate surface area is 344 Å². The lowest BCUT2D eigenvalue weighted by Crippen LogP contribution is -2.01. The van der Waals surface area contributed by atoms with E-state index in [4.69, 9.17) is 9.97 Å². The highest BCUT2D eigenvalue weighted by atomic mass is 32.2. The van der Waals surface area contributed by atoms with Gasteiger partial charge in [-0.2, -0.15) is 0 Å². The third kappa shape index (κ3) is 6.75. The molecule has 0 amide bonds. The SMILES string of the molecule is O=[N+]([O-])C1=C(CSc2ccccc2)c2nc1c(-c1ccccc1)c1ccc([nH]1)c(-c1ccccc1)c1nc(c(-c3ccccc3)c3ccc([nH]3)c2-c2ccccc2)C=C1. The largest absolute Gasteiger partial charge is 0.354 e. The lowest BCUT2D eigenvalue weighted by molar-refractivity contribution is -0.374. The molecular formula is C51H35N5O2S. The van der Waals surface area contributed by atoms with E-state index in [0.29, 0.717) is 33.8 Å². The molecule has 7 nitrogen and oxygen atoms in total. The molecule has 8 heteroatoms. The predicted molar refractivity (Wildman–Crippen MR) is 243 cm³/mol. The molecule has 282 valence electrons. The van der Waals surface area contributed by atoms with E-state index in [9.17, 15) is 10.1 Å². The number of nitrogens with one attached hydrogen (secondary N) is 2. The molecule has 2 N–H and O–H groups in total. The molecule has 3 aromatic heterocycles. The van der Waals surface area contributed by atoms with Crippen LogP contribution in [0.2, 0.25) is 0 Å². The van der Waals surface area contributed by atoms with Gasteiger partial charge in [0.25, 0.3) is 0 Å². The maximum Gasteiger partial charge on any atom is 0.301 e. The summed E-state index contributed by atoms with van der Waals surface area (Å²) in [7, 11) is 0. The van der Waals surface area contributed by atoms with Crippen LogP contribution in [0.5, 0.6) is 0 Å². The number of H-pyrrole nitrogens is 2. The number of rotatable bonds is 8. The Morgan fingerprint density at radius 2 is 0.831 bits per heavy atom. The second kappa shape index (κ2) is 15.4. The average Bonchev–Trinajstić information content (AvgIpc) is 4.12. The molecule has 0 fully saturated rings. The van der Waals surface area contributed by atoms with Gasteiger partial charge in [0.2, 0.25) is 0 Å². The van der Waals surface area contributed by atoms with Crippen molar-refractivity contribution in [3.8, 4) is 44.5 Å². The van der Waals surface area contributed by atoms with Crippen LogP contribution in [0.25, 0.3) is 90.0 Å². The summed E-state index contributed by atoms with van der Waals surface area (Å²) in [4.78, 5) is 32.7. The number of hydrogen-bond acceptors (Lipinski definition) is 5. The Balaban J connectivity index is 1.42. The van der Waals surface area contributed by atoms with Crippen molar-refractivity contribution in [3.05, 3.63) is 209 Å². The molecule has 2 aliphatic rings. The van der Waals surface area contributed by atoms with Gasteiger partial charge < -0.3 is 9.97 Å². The normalized spacial score (nSPS) is 12.2. The van der Waals surface area contributed by atoms with E-state index in [0.717, 1.165) is 71.8 Å². The number of fused-ring (bicyclic) bond motifs is 8. The Kier molecular flexibility index (Phi) is 9.36. The lowest BCUT2D eigenvalue weighted by Gasteiger charge is -2.09. The van der Waals surface area contributed by atoms with Crippen LogP contribution in [0, 0.1) is 10.1 Å². The first-order valence-corrected chi connectivity index (χ1v) is 20.4. The van der Waals surface area contributed by atoms with E-state index in [1.807, 2.05) is 140 Å². The van der Waals surface area contributed by atoms with E-state index < -0.39 is 0 Å². The van der Waals surface area contributed by atoms with Crippen molar-refractivity contribution >= 4 is 57.3 Å². The maximum atomic E-state index is 13.7. The van der Waals surface area contributed by atoms with Gasteiger partial charge in [0.05, 0.1) is 27.6 Å². The molecule has 8 aromatic rings. The van der Waals surface area contributed by atoms with E-state index in [2.05, 4.69) is 58.5 Å². The molecule has 0 radical (unpaired) electrons. The second-order valence-corrected chi connectivity index (χ2v) is 15.3. The molecule has 0 spiro atoms. The third-order valence-electron chi connectivity index (χ3n) is 10.7. The summed E-state index contributed by atoms with van der Waals surface area (Å²) in [5, 5.41) is 13.7. The topological polar surface area (TPSA) is 100 Å². The van der Waals surface area contributed by atoms with Gasteiger partial charge >= 0.3 is 5.70 Å². The highest BCUT2D eigenvalue weighted by Crippen LogP contribution is 2.45. The molecule has 5 heterocycles. The van der Waals surface area contributed by atoms with Gasteiger partial charge in [-0.3, -0.25) is 10.1 Å². The molecule has 0 aliphatic carbocycles. The first-order chi connectivity index (χ1) is 29.1. The van der Waals surface area contributed by atoms with Crippen LogP contribution in [0.3, 0.4) is 0 Å². The van der Waals surface area contributed by atoms with E-state index in [1.54, 1.807) is 11.8 Å². The summed E-state index contributed by atoms with van der Waals surface area (Å²) in [5.41, 5.74) is 13.1. The van der Waals surface area contributed by atoms with E-state index in [-0.39, 0.29) is 10.6 Å². The number of nitrogens with zero attached hydrogens (tertiary/aromatic N) is 3. The minimum Gasteiger partial charge on any atom is -0.354 e. The molecule has 2 aliphatic heterocycles. The van der Waals surface area contributed by atoms with Crippen LogP contribution in [-0.4, -0.2) is 30.6 Å². The fraction of sp³-hybridized carbons (Fsp3) is 0.0196. The number of aromatic nitrogens is 4. The summed E-state index contributed by atoms with van der Waals surface area (Å²) < 4.78 is 0. The van der Waals surface area contributed by atoms with Crippen molar-refractivity contribution in [2.45, 2.75) is 4.90 Å². The molecule has 5 aromatic carbocycles. The number of hydrogen-bond donors (Lipinski definition) is 2. The zero-order valence-corrected chi connectivity index (χ0v) is 32.5. The summed E-state index contributed by atoms with van der Waals surface area (Å²) in [6.45, 7) is 0. The summed E-state index contributed by atoms with van der Waals surface area (Å²) in [6.07, 6.45) is 4.15. The van der Waals surface area contributed by atoms with Crippen LogP contribution >= 0.6 is 11.8 Å². The Morgan fingerprint density at radius 1 is 0.458 bits per heavy atom. The first kappa shape index (κ1) is 35.8. The maximum absolute atomic E-state index is 13.7. The van der Waals surface area contributed by atoms with Crippen LogP contribution in [0.1, 0.15) is 22.8 Å². The van der Waals surface area contributed by atoms with Crippen molar-refractivity contribution in [1.29, 1.82) is 0 Å². The molecule has 59 heavy (non-hydrogen) atoms. The second-order valence-electron chi connectivity index (χ2n) is 14.2. The zero-order chi connectivity index (χ0) is 39.7. The molecule has 0 saturated carbocycles. The predicted octanol–water partition coefficient (Wildman–Crippen LogP) is 13.1. The van der Waals surface area contributed by atoms with Crippen molar-refractivity contribution in [2.24, 2.45) is 0 Å². The van der Waals surface area contributed by atoms with Crippen LogP contribution in [0.15, 0.2) is 181 Å². The molecule has 0 atom stereocenters.